The number of carbonyl (C=O) groups is 1. The molecular weight excluding hydrogens is 389 g/mol. The Morgan fingerprint density at radius 3 is 2.69 bits per heavy atom. The minimum Gasteiger partial charge on any atom is -0.379 e. The maximum atomic E-state index is 13.1. The Hall–Kier alpha value is -2.20. The predicted octanol–water partition coefficient (Wildman–Crippen LogP) is 3.95. The van der Waals surface area contributed by atoms with Gasteiger partial charge in [0.1, 0.15) is 11.2 Å². The van der Waals surface area contributed by atoms with Crippen LogP contribution >= 0.6 is 0 Å². The molecule has 0 aromatic carbocycles. The fourth-order valence-corrected chi connectivity index (χ4v) is 3.13. The second kappa shape index (κ2) is 8.27. The molecule has 1 amide bonds. The highest BCUT2D eigenvalue weighted by molar-refractivity contribution is 5.91. The summed E-state index contributed by atoms with van der Waals surface area (Å²) in [7, 11) is 0. The van der Waals surface area contributed by atoms with E-state index in [1.807, 2.05) is 20.8 Å². The quantitative estimate of drug-likeness (QED) is 0.802. The van der Waals surface area contributed by atoms with Gasteiger partial charge in [-0.1, -0.05) is 0 Å². The minimum atomic E-state index is -4.57. The van der Waals surface area contributed by atoms with E-state index >= 15 is 0 Å². The Labute approximate surface area is 166 Å². The second-order valence-corrected chi connectivity index (χ2v) is 7.97. The number of fused-ring (bicyclic) bond motifs is 1. The smallest absolute Gasteiger partial charge is 0.379 e. The molecule has 1 N–H and O–H groups in total. The van der Waals surface area contributed by atoms with Gasteiger partial charge in [-0.2, -0.15) is 13.2 Å². The number of imidazole rings is 1. The van der Waals surface area contributed by atoms with E-state index in [4.69, 9.17) is 9.47 Å². The highest BCUT2D eigenvalue weighted by Crippen LogP contribution is 2.32. The molecule has 1 atom stereocenters. The van der Waals surface area contributed by atoms with Crippen molar-refractivity contribution in [2.24, 2.45) is 0 Å². The summed E-state index contributed by atoms with van der Waals surface area (Å²) in [5.74, 6) is -0.165. The summed E-state index contributed by atoms with van der Waals surface area (Å²) >= 11 is 0. The van der Waals surface area contributed by atoms with Gasteiger partial charge in [-0.3, -0.25) is 14.7 Å². The number of alkyl halides is 3. The number of aromatic nitrogens is 3. The first-order valence-corrected chi connectivity index (χ1v) is 9.52. The van der Waals surface area contributed by atoms with Crippen LogP contribution in [0.4, 0.5) is 19.1 Å². The molecule has 1 unspecified atom stereocenters. The third-order valence-electron chi connectivity index (χ3n) is 4.44. The van der Waals surface area contributed by atoms with Crippen molar-refractivity contribution in [3.8, 4) is 0 Å². The topological polar surface area (TPSA) is 78.3 Å². The standard InChI is InChI=1S/C19H25F3N4O3/c1-18(2,3)29-10-8-15(27)25-17-23-13-6-7-14(19(20,21)22)24-16(13)26(17)12-5-4-9-28-11-12/h6-7,12H,4-5,8-11H2,1-3H3,(H,23,25,27). The molecule has 3 rings (SSSR count). The molecule has 0 saturated carbocycles. The van der Waals surface area contributed by atoms with E-state index in [9.17, 15) is 18.0 Å². The Kier molecular flexibility index (Phi) is 6.13. The number of hydrogen-bond acceptors (Lipinski definition) is 5. The van der Waals surface area contributed by atoms with E-state index in [2.05, 4.69) is 15.3 Å². The van der Waals surface area contributed by atoms with Gasteiger partial charge in [0.2, 0.25) is 11.9 Å². The van der Waals surface area contributed by atoms with Crippen LogP contribution in [0.25, 0.3) is 11.2 Å². The molecule has 2 aromatic heterocycles. The molecular formula is C19H25F3N4O3. The van der Waals surface area contributed by atoms with Crippen molar-refractivity contribution in [2.75, 3.05) is 25.1 Å². The van der Waals surface area contributed by atoms with Gasteiger partial charge in [-0.05, 0) is 45.7 Å². The van der Waals surface area contributed by atoms with Crippen molar-refractivity contribution in [3.63, 3.8) is 0 Å². The number of carbonyl (C=O) groups excluding carboxylic acids is 1. The number of amides is 1. The molecule has 10 heteroatoms. The first kappa shape index (κ1) is 21.5. The van der Waals surface area contributed by atoms with Crippen LogP contribution in [-0.2, 0) is 20.4 Å². The van der Waals surface area contributed by atoms with E-state index < -0.39 is 11.9 Å². The lowest BCUT2D eigenvalue weighted by atomic mass is 10.1. The van der Waals surface area contributed by atoms with Crippen molar-refractivity contribution >= 4 is 23.0 Å². The number of ether oxygens (including phenoxy) is 2. The Morgan fingerprint density at radius 2 is 2.07 bits per heavy atom. The van der Waals surface area contributed by atoms with Crippen LogP contribution in [0.1, 0.15) is 51.8 Å². The van der Waals surface area contributed by atoms with Gasteiger partial charge in [-0.15, -0.1) is 0 Å². The summed E-state index contributed by atoms with van der Waals surface area (Å²) < 4.78 is 52.0. The summed E-state index contributed by atoms with van der Waals surface area (Å²) in [6.07, 6.45) is -3.02. The van der Waals surface area contributed by atoms with Crippen LogP contribution in [-0.4, -0.2) is 45.9 Å². The molecule has 0 spiro atoms. The molecule has 1 aliphatic rings. The molecule has 29 heavy (non-hydrogen) atoms. The lowest BCUT2D eigenvalue weighted by molar-refractivity contribution is -0.141. The largest absolute Gasteiger partial charge is 0.433 e. The second-order valence-electron chi connectivity index (χ2n) is 7.97. The summed E-state index contributed by atoms with van der Waals surface area (Å²) in [5, 5.41) is 2.70. The minimum absolute atomic E-state index is 0.0802. The van der Waals surface area contributed by atoms with Crippen molar-refractivity contribution in [3.05, 3.63) is 17.8 Å². The van der Waals surface area contributed by atoms with Crippen LogP contribution in [0.2, 0.25) is 0 Å². The van der Waals surface area contributed by atoms with E-state index in [0.29, 0.717) is 19.6 Å². The fourth-order valence-electron chi connectivity index (χ4n) is 3.13. The van der Waals surface area contributed by atoms with E-state index in [-0.39, 0.29) is 47.7 Å². The van der Waals surface area contributed by atoms with Gasteiger partial charge >= 0.3 is 6.18 Å². The zero-order chi connectivity index (χ0) is 21.2. The molecule has 0 aliphatic carbocycles. The number of pyridine rings is 1. The molecule has 1 saturated heterocycles. The van der Waals surface area contributed by atoms with E-state index in [1.165, 1.54) is 6.07 Å². The average Bonchev–Trinajstić information content (AvgIpc) is 2.97. The lowest BCUT2D eigenvalue weighted by Crippen LogP contribution is -2.26. The van der Waals surface area contributed by atoms with Crippen LogP contribution in [0.15, 0.2) is 12.1 Å². The molecule has 0 bridgehead atoms. The third kappa shape index (κ3) is 5.45. The first-order chi connectivity index (χ1) is 13.5. The fraction of sp³-hybridized carbons (Fsp3) is 0.632. The van der Waals surface area contributed by atoms with Gasteiger partial charge in [0.25, 0.3) is 0 Å². The van der Waals surface area contributed by atoms with Gasteiger partial charge in [0.15, 0.2) is 5.65 Å². The van der Waals surface area contributed by atoms with Crippen LogP contribution in [0.3, 0.4) is 0 Å². The van der Waals surface area contributed by atoms with Gasteiger partial charge < -0.3 is 9.47 Å². The molecule has 2 aromatic rings. The first-order valence-electron chi connectivity index (χ1n) is 9.52. The zero-order valence-electron chi connectivity index (χ0n) is 16.7. The van der Waals surface area contributed by atoms with Crippen molar-refractivity contribution in [1.82, 2.24) is 14.5 Å². The molecule has 1 fully saturated rings. The van der Waals surface area contributed by atoms with Crippen LogP contribution in [0, 0.1) is 0 Å². The van der Waals surface area contributed by atoms with Crippen molar-refractivity contribution in [2.45, 2.75) is 57.9 Å². The monoisotopic (exact) mass is 414 g/mol. The highest BCUT2D eigenvalue weighted by atomic mass is 19.4. The lowest BCUT2D eigenvalue weighted by Gasteiger charge is -2.25. The maximum Gasteiger partial charge on any atom is 0.433 e. The summed E-state index contributed by atoms with van der Waals surface area (Å²) in [5.41, 5.74) is -1.01. The number of nitrogens with one attached hydrogen (secondary N) is 1. The SMILES string of the molecule is CC(C)(C)OCCC(=O)Nc1nc2ccc(C(F)(F)F)nc2n1C1CCCOC1. The molecule has 0 radical (unpaired) electrons. The summed E-state index contributed by atoms with van der Waals surface area (Å²) in [6.45, 7) is 6.79. The van der Waals surface area contributed by atoms with E-state index in [0.717, 1.165) is 12.5 Å². The predicted molar refractivity (Wildman–Crippen MR) is 101 cm³/mol. The molecule has 7 nitrogen and oxygen atoms in total. The van der Waals surface area contributed by atoms with Crippen LogP contribution < -0.4 is 5.32 Å². The summed E-state index contributed by atoms with van der Waals surface area (Å²) in [6, 6.07) is 1.90. The Morgan fingerprint density at radius 1 is 1.31 bits per heavy atom. The zero-order valence-corrected chi connectivity index (χ0v) is 16.7. The maximum absolute atomic E-state index is 13.1. The number of halogens is 3. The normalized spacial score (nSPS) is 18.2. The van der Waals surface area contributed by atoms with Gasteiger partial charge in [0.05, 0.1) is 31.3 Å². The summed E-state index contributed by atoms with van der Waals surface area (Å²) in [4.78, 5) is 20.5. The highest BCUT2D eigenvalue weighted by Gasteiger charge is 2.34. The number of rotatable bonds is 5. The van der Waals surface area contributed by atoms with Gasteiger partial charge in [-0.25, -0.2) is 9.97 Å². The Bertz CT molecular complexity index is 868. The number of anilines is 1. The van der Waals surface area contributed by atoms with Crippen molar-refractivity contribution < 1.29 is 27.4 Å². The van der Waals surface area contributed by atoms with Crippen LogP contribution in [0.5, 0.6) is 0 Å². The van der Waals surface area contributed by atoms with Crippen molar-refractivity contribution in [1.29, 1.82) is 0 Å². The third-order valence-corrected chi connectivity index (χ3v) is 4.44. The van der Waals surface area contributed by atoms with Gasteiger partial charge in [0, 0.05) is 6.61 Å². The van der Waals surface area contributed by atoms with E-state index in [1.54, 1.807) is 4.57 Å². The average molecular weight is 414 g/mol. The number of nitrogens with zero attached hydrogens (tertiary/aromatic N) is 3. The molecule has 1 aliphatic heterocycles. The molecule has 3 heterocycles. The molecule has 160 valence electrons. The Balaban J connectivity index is 1.90. The number of hydrogen-bond donors (Lipinski definition) is 1.